The summed E-state index contributed by atoms with van der Waals surface area (Å²) < 4.78 is 23.2. The Morgan fingerprint density at radius 3 is 2.83 bits per heavy atom. The van der Waals surface area contributed by atoms with Gasteiger partial charge >= 0.3 is 0 Å². The molecule has 0 bridgehead atoms. The van der Waals surface area contributed by atoms with Gasteiger partial charge in [-0.15, -0.1) is 5.10 Å². The fourth-order valence-corrected chi connectivity index (χ4v) is 3.22. The molecule has 5 rings (SSSR count). The zero-order chi connectivity index (χ0) is 20.0. The molecule has 1 aliphatic heterocycles. The molecule has 0 unspecified atom stereocenters. The quantitative estimate of drug-likeness (QED) is 0.501. The Morgan fingerprint density at radius 1 is 1.10 bits per heavy atom. The number of halogens is 1. The summed E-state index contributed by atoms with van der Waals surface area (Å²) in [5.41, 5.74) is 2.57. The highest BCUT2D eigenvalue weighted by atomic mass is 35.5. The fraction of sp³-hybridized carbons (Fsp3) is 0.158. The van der Waals surface area contributed by atoms with E-state index in [-0.39, 0.29) is 12.7 Å². The predicted molar refractivity (Wildman–Crippen MR) is 103 cm³/mol. The second-order valence-corrected chi connectivity index (χ2v) is 6.68. The summed E-state index contributed by atoms with van der Waals surface area (Å²) in [7, 11) is 1.58. The van der Waals surface area contributed by atoms with Gasteiger partial charge < -0.3 is 18.7 Å². The van der Waals surface area contributed by atoms with E-state index < -0.39 is 0 Å². The van der Waals surface area contributed by atoms with Crippen LogP contribution >= 0.6 is 11.6 Å². The van der Waals surface area contributed by atoms with Crippen LogP contribution in [0.5, 0.6) is 17.2 Å². The highest BCUT2D eigenvalue weighted by Gasteiger charge is 2.22. The second-order valence-electron chi connectivity index (χ2n) is 6.24. The maximum Gasteiger partial charge on any atom is 0.280 e. The van der Waals surface area contributed by atoms with Crippen molar-refractivity contribution in [3.63, 3.8) is 0 Å². The van der Waals surface area contributed by atoms with E-state index in [1.54, 1.807) is 42.1 Å². The number of benzene rings is 2. The van der Waals surface area contributed by atoms with Gasteiger partial charge in [0.15, 0.2) is 17.2 Å². The van der Waals surface area contributed by atoms with E-state index in [4.69, 9.17) is 30.3 Å². The van der Waals surface area contributed by atoms with Gasteiger partial charge in [-0.2, -0.15) is 4.98 Å². The molecule has 0 aliphatic carbocycles. The van der Waals surface area contributed by atoms with Crippen molar-refractivity contribution in [2.24, 2.45) is 0 Å². The number of aromatic nitrogens is 5. The molecule has 0 amide bonds. The minimum Gasteiger partial charge on any atom is -0.494 e. The molecule has 0 saturated heterocycles. The van der Waals surface area contributed by atoms with Crippen LogP contribution in [-0.2, 0) is 0 Å². The summed E-state index contributed by atoms with van der Waals surface area (Å²) in [6, 6.07) is 10.7. The summed E-state index contributed by atoms with van der Waals surface area (Å²) in [5, 5.41) is 13.0. The van der Waals surface area contributed by atoms with Crippen molar-refractivity contribution >= 4 is 11.6 Å². The highest BCUT2D eigenvalue weighted by Crippen LogP contribution is 2.36. The zero-order valence-corrected chi connectivity index (χ0v) is 16.2. The standard InChI is InChI=1S/C19H14ClN5O4/c1-10-17(22-24-25(10)13-8-12(20)4-6-14(13)26-2)19-21-18(23-29-19)11-3-5-15-16(7-11)28-9-27-15/h3-8H,9H2,1-2H3. The third-order valence-electron chi connectivity index (χ3n) is 4.52. The Bertz CT molecular complexity index is 1220. The first-order valence-corrected chi connectivity index (χ1v) is 9.02. The molecule has 2 aromatic heterocycles. The minimum absolute atomic E-state index is 0.200. The Labute approximate surface area is 169 Å². The summed E-state index contributed by atoms with van der Waals surface area (Å²) >= 11 is 6.13. The zero-order valence-electron chi connectivity index (χ0n) is 15.4. The van der Waals surface area contributed by atoms with Gasteiger partial charge in [-0.3, -0.25) is 0 Å². The molecule has 146 valence electrons. The number of fused-ring (bicyclic) bond motifs is 1. The Hall–Kier alpha value is -3.59. The summed E-state index contributed by atoms with van der Waals surface area (Å²) in [6.07, 6.45) is 0. The second kappa shape index (κ2) is 6.78. The van der Waals surface area contributed by atoms with E-state index in [0.717, 1.165) is 5.56 Å². The highest BCUT2D eigenvalue weighted by molar-refractivity contribution is 6.30. The van der Waals surface area contributed by atoms with E-state index >= 15 is 0 Å². The van der Waals surface area contributed by atoms with Crippen LogP contribution in [-0.4, -0.2) is 39.0 Å². The smallest absolute Gasteiger partial charge is 0.280 e. The van der Waals surface area contributed by atoms with Gasteiger partial charge in [-0.25, -0.2) is 4.68 Å². The number of ether oxygens (including phenoxy) is 3. The topological polar surface area (TPSA) is 97.3 Å². The first kappa shape index (κ1) is 17.5. The molecule has 9 nitrogen and oxygen atoms in total. The predicted octanol–water partition coefficient (Wildman–Crippen LogP) is 3.68. The normalized spacial score (nSPS) is 12.4. The summed E-state index contributed by atoms with van der Waals surface area (Å²) in [4.78, 5) is 4.46. The average Bonchev–Trinajstić information content (AvgIpc) is 3.46. The van der Waals surface area contributed by atoms with Gasteiger partial charge in [0.05, 0.1) is 12.8 Å². The fourth-order valence-electron chi connectivity index (χ4n) is 3.06. The van der Waals surface area contributed by atoms with Crippen molar-refractivity contribution in [2.45, 2.75) is 6.92 Å². The molecule has 3 heterocycles. The molecule has 10 heteroatoms. The van der Waals surface area contributed by atoms with Crippen LogP contribution in [0.15, 0.2) is 40.9 Å². The number of hydrogen-bond donors (Lipinski definition) is 0. The average molecular weight is 412 g/mol. The van der Waals surface area contributed by atoms with Gasteiger partial charge in [0, 0.05) is 10.6 Å². The van der Waals surface area contributed by atoms with Crippen molar-refractivity contribution in [1.82, 2.24) is 25.1 Å². The molecule has 0 spiro atoms. The lowest BCUT2D eigenvalue weighted by molar-refractivity contribution is 0.174. The molecule has 1 aliphatic rings. The van der Waals surface area contributed by atoms with Crippen molar-refractivity contribution in [3.05, 3.63) is 47.1 Å². The molecule has 0 saturated carbocycles. The van der Waals surface area contributed by atoms with Gasteiger partial charge in [0.1, 0.15) is 11.4 Å². The Morgan fingerprint density at radius 2 is 1.97 bits per heavy atom. The first-order chi connectivity index (χ1) is 14.1. The number of methoxy groups -OCH3 is 1. The van der Waals surface area contributed by atoms with E-state index in [9.17, 15) is 0 Å². The van der Waals surface area contributed by atoms with Crippen LogP contribution in [0.1, 0.15) is 5.69 Å². The van der Waals surface area contributed by atoms with Crippen LogP contribution < -0.4 is 14.2 Å². The minimum atomic E-state index is 0.200. The van der Waals surface area contributed by atoms with Gasteiger partial charge in [-0.1, -0.05) is 22.0 Å². The lowest BCUT2D eigenvalue weighted by Gasteiger charge is -2.09. The molecular weight excluding hydrogens is 398 g/mol. The Balaban J connectivity index is 1.52. The Kier molecular flexibility index (Phi) is 4.09. The SMILES string of the molecule is COc1ccc(Cl)cc1-n1nnc(-c2nc(-c3ccc4c(c3)OCO4)no2)c1C. The van der Waals surface area contributed by atoms with Crippen molar-refractivity contribution in [3.8, 4) is 45.9 Å². The van der Waals surface area contributed by atoms with Gasteiger partial charge in [0.2, 0.25) is 12.6 Å². The molecule has 2 aromatic carbocycles. The third kappa shape index (κ3) is 2.95. The van der Waals surface area contributed by atoms with Gasteiger partial charge in [-0.05, 0) is 43.3 Å². The van der Waals surface area contributed by atoms with Crippen LogP contribution in [0.25, 0.3) is 28.7 Å². The lowest BCUT2D eigenvalue weighted by atomic mass is 10.2. The third-order valence-corrected chi connectivity index (χ3v) is 4.76. The maximum absolute atomic E-state index is 6.13. The van der Waals surface area contributed by atoms with Crippen molar-refractivity contribution in [1.29, 1.82) is 0 Å². The van der Waals surface area contributed by atoms with E-state index in [1.807, 2.05) is 13.0 Å². The van der Waals surface area contributed by atoms with Crippen LogP contribution in [0, 0.1) is 6.92 Å². The number of nitrogens with zero attached hydrogens (tertiary/aromatic N) is 5. The van der Waals surface area contributed by atoms with Crippen LogP contribution in [0.2, 0.25) is 5.02 Å². The van der Waals surface area contributed by atoms with Gasteiger partial charge in [0.25, 0.3) is 5.89 Å². The number of hydrogen-bond acceptors (Lipinski definition) is 8. The van der Waals surface area contributed by atoms with E-state index in [0.29, 0.717) is 45.2 Å². The molecule has 0 fully saturated rings. The molecule has 4 aromatic rings. The van der Waals surface area contributed by atoms with Crippen LogP contribution in [0.4, 0.5) is 0 Å². The lowest BCUT2D eigenvalue weighted by Crippen LogP contribution is -2.02. The molecule has 0 atom stereocenters. The molecule has 29 heavy (non-hydrogen) atoms. The summed E-state index contributed by atoms with van der Waals surface area (Å²) in [5.74, 6) is 2.60. The molecular formula is C19H14ClN5O4. The largest absolute Gasteiger partial charge is 0.494 e. The van der Waals surface area contributed by atoms with E-state index in [1.165, 1.54) is 0 Å². The van der Waals surface area contributed by atoms with E-state index in [2.05, 4.69) is 20.5 Å². The number of rotatable bonds is 4. The van der Waals surface area contributed by atoms with Crippen LogP contribution in [0.3, 0.4) is 0 Å². The van der Waals surface area contributed by atoms with Crippen molar-refractivity contribution in [2.75, 3.05) is 13.9 Å². The first-order valence-electron chi connectivity index (χ1n) is 8.64. The monoisotopic (exact) mass is 411 g/mol. The summed E-state index contributed by atoms with van der Waals surface area (Å²) in [6.45, 7) is 2.05. The maximum atomic E-state index is 6.13. The molecule has 0 radical (unpaired) electrons. The molecule has 0 N–H and O–H groups in total. The van der Waals surface area contributed by atoms with Crippen molar-refractivity contribution < 1.29 is 18.7 Å².